The van der Waals surface area contributed by atoms with Gasteiger partial charge in [-0.1, -0.05) is 5.92 Å². The lowest BCUT2D eigenvalue weighted by atomic mass is 10.5. The molecular weight excluding hydrogens is 194 g/mol. The third-order valence-electron chi connectivity index (χ3n) is 0.947. The Kier molecular flexibility index (Phi) is 4.45. The maximum atomic E-state index is 10.8. The minimum Gasteiger partial charge on any atom is -0.338 e. The molecule has 0 radical (unpaired) electrons. The lowest BCUT2D eigenvalue weighted by Gasteiger charge is -2.02. The van der Waals surface area contributed by atoms with E-state index >= 15 is 0 Å². The number of rotatable bonds is 2. The van der Waals surface area contributed by atoms with Gasteiger partial charge in [0.05, 0.1) is 6.26 Å². The molecule has 1 amide bonds. The number of carbonyl (C=O) groups excluding carboxylic acids is 1. The van der Waals surface area contributed by atoms with E-state index in [4.69, 9.17) is 0 Å². The fourth-order valence-electron chi connectivity index (χ4n) is 0.360. The summed E-state index contributed by atoms with van der Waals surface area (Å²) in [5.74, 6) is 4.09. The molecule has 6 heteroatoms. The molecule has 5 nitrogen and oxygen atoms in total. The van der Waals surface area contributed by atoms with Gasteiger partial charge in [-0.05, 0) is 5.92 Å². The van der Waals surface area contributed by atoms with Crippen molar-refractivity contribution >= 4 is 16.0 Å². The van der Waals surface area contributed by atoms with Crippen LogP contribution in [0.15, 0.2) is 0 Å². The molecular formula is C7H11NO4S. The SMILES string of the molecule is CN(C)C(=O)C#CCOS(C)(=O)=O. The van der Waals surface area contributed by atoms with Crippen LogP contribution in [0.3, 0.4) is 0 Å². The summed E-state index contributed by atoms with van der Waals surface area (Å²) < 4.78 is 25.1. The monoisotopic (exact) mass is 205 g/mol. The Hall–Kier alpha value is -1.06. The zero-order valence-electron chi connectivity index (χ0n) is 7.70. The van der Waals surface area contributed by atoms with Crippen molar-refractivity contribution in [2.24, 2.45) is 0 Å². The predicted molar refractivity (Wildman–Crippen MR) is 47.3 cm³/mol. The van der Waals surface area contributed by atoms with Crippen molar-refractivity contribution < 1.29 is 17.4 Å². The largest absolute Gasteiger partial charge is 0.338 e. The Labute approximate surface area is 77.8 Å². The first-order valence-electron chi connectivity index (χ1n) is 3.37. The van der Waals surface area contributed by atoms with E-state index in [1.54, 1.807) is 14.1 Å². The zero-order chi connectivity index (χ0) is 10.5. The van der Waals surface area contributed by atoms with Gasteiger partial charge in [-0.25, -0.2) is 0 Å². The summed E-state index contributed by atoms with van der Waals surface area (Å²) in [4.78, 5) is 12.1. The lowest BCUT2D eigenvalue weighted by molar-refractivity contribution is -0.122. The van der Waals surface area contributed by atoms with Gasteiger partial charge in [-0.2, -0.15) is 8.42 Å². The molecule has 0 aliphatic carbocycles. The van der Waals surface area contributed by atoms with Gasteiger partial charge in [0.2, 0.25) is 0 Å². The van der Waals surface area contributed by atoms with Crippen LogP contribution in [0.25, 0.3) is 0 Å². The Morgan fingerprint density at radius 3 is 2.38 bits per heavy atom. The molecule has 0 unspecified atom stereocenters. The summed E-state index contributed by atoms with van der Waals surface area (Å²) in [5.41, 5.74) is 0. The van der Waals surface area contributed by atoms with Gasteiger partial charge in [0.15, 0.2) is 0 Å². The maximum absolute atomic E-state index is 10.8. The van der Waals surface area contributed by atoms with Crippen molar-refractivity contribution in [3.63, 3.8) is 0 Å². The first kappa shape index (κ1) is 11.9. The van der Waals surface area contributed by atoms with Gasteiger partial charge >= 0.3 is 0 Å². The van der Waals surface area contributed by atoms with Gasteiger partial charge in [0.25, 0.3) is 16.0 Å². The Bertz CT molecular complexity index is 333. The molecule has 0 heterocycles. The smallest absolute Gasteiger partial charge is 0.298 e. The topological polar surface area (TPSA) is 63.7 Å². The summed E-state index contributed by atoms with van der Waals surface area (Å²) in [7, 11) is -0.370. The van der Waals surface area contributed by atoms with Crippen molar-refractivity contribution in [2.45, 2.75) is 0 Å². The van der Waals surface area contributed by atoms with Crippen LogP contribution in [-0.2, 0) is 19.1 Å². The molecule has 0 aromatic carbocycles. The standard InChI is InChI=1S/C7H11NO4S/c1-8(2)7(9)5-4-6-12-13(3,10)11/h6H2,1-3H3. The van der Waals surface area contributed by atoms with E-state index in [1.165, 1.54) is 4.90 Å². The van der Waals surface area contributed by atoms with Crippen LogP contribution in [0.4, 0.5) is 0 Å². The van der Waals surface area contributed by atoms with Crippen LogP contribution < -0.4 is 0 Å². The number of carbonyl (C=O) groups is 1. The maximum Gasteiger partial charge on any atom is 0.298 e. The number of hydrogen-bond acceptors (Lipinski definition) is 4. The second kappa shape index (κ2) is 4.84. The predicted octanol–water partition coefficient (Wildman–Crippen LogP) is -0.946. The van der Waals surface area contributed by atoms with Crippen molar-refractivity contribution in [2.75, 3.05) is 27.0 Å². The fraction of sp³-hybridized carbons (Fsp3) is 0.571. The minimum absolute atomic E-state index is 0.293. The lowest BCUT2D eigenvalue weighted by Crippen LogP contribution is -2.19. The van der Waals surface area contributed by atoms with Gasteiger partial charge in [0, 0.05) is 14.1 Å². The Morgan fingerprint density at radius 1 is 1.46 bits per heavy atom. The zero-order valence-corrected chi connectivity index (χ0v) is 8.51. The highest BCUT2D eigenvalue weighted by molar-refractivity contribution is 7.85. The van der Waals surface area contributed by atoms with Crippen molar-refractivity contribution in [1.29, 1.82) is 0 Å². The first-order chi connectivity index (χ1) is 5.83. The van der Waals surface area contributed by atoms with Crippen molar-refractivity contribution in [1.82, 2.24) is 4.90 Å². The van der Waals surface area contributed by atoms with Crippen LogP contribution >= 0.6 is 0 Å². The molecule has 0 rings (SSSR count). The van der Waals surface area contributed by atoms with Crippen molar-refractivity contribution in [3.05, 3.63) is 0 Å². The highest BCUT2D eigenvalue weighted by Crippen LogP contribution is 1.83. The molecule has 0 spiro atoms. The average Bonchev–Trinajstić information content (AvgIpc) is 1.95. The second-order valence-electron chi connectivity index (χ2n) is 2.47. The quantitative estimate of drug-likeness (QED) is 0.431. The van der Waals surface area contributed by atoms with Gasteiger partial charge in [-0.15, -0.1) is 0 Å². The van der Waals surface area contributed by atoms with Crippen LogP contribution in [0, 0.1) is 11.8 Å². The molecule has 0 N–H and O–H groups in total. The molecule has 0 bridgehead atoms. The normalized spacial score (nSPS) is 10.1. The molecule has 0 atom stereocenters. The van der Waals surface area contributed by atoms with Crippen LogP contribution in [-0.4, -0.2) is 46.2 Å². The molecule has 74 valence electrons. The summed E-state index contributed by atoms with van der Waals surface area (Å²) in [5, 5.41) is 0. The molecule has 0 aromatic heterocycles. The number of amides is 1. The molecule has 13 heavy (non-hydrogen) atoms. The summed E-state index contributed by atoms with van der Waals surface area (Å²) in [6.07, 6.45) is 0.919. The molecule has 0 fully saturated rings. The summed E-state index contributed by atoms with van der Waals surface area (Å²) >= 11 is 0. The van der Waals surface area contributed by atoms with E-state index in [-0.39, 0.29) is 6.61 Å². The van der Waals surface area contributed by atoms with Gasteiger partial charge in [0.1, 0.15) is 6.61 Å². The first-order valence-corrected chi connectivity index (χ1v) is 5.19. The Morgan fingerprint density at radius 2 is 2.00 bits per heavy atom. The van der Waals surface area contributed by atoms with E-state index in [1.807, 2.05) is 0 Å². The van der Waals surface area contributed by atoms with E-state index in [0.717, 1.165) is 6.26 Å². The second-order valence-corrected chi connectivity index (χ2v) is 4.11. The van der Waals surface area contributed by atoms with E-state index in [9.17, 15) is 13.2 Å². The molecule has 0 aliphatic rings. The van der Waals surface area contributed by atoms with E-state index in [0.29, 0.717) is 0 Å². The van der Waals surface area contributed by atoms with Crippen molar-refractivity contribution in [3.8, 4) is 11.8 Å². The highest BCUT2D eigenvalue weighted by atomic mass is 32.2. The molecule has 0 saturated heterocycles. The van der Waals surface area contributed by atoms with E-state index in [2.05, 4.69) is 16.0 Å². The third kappa shape index (κ3) is 7.31. The third-order valence-corrected chi connectivity index (χ3v) is 1.49. The summed E-state index contributed by atoms with van der Waals surface area (Å²) in [6.45, 7) is -0.293. The van der Waals surface area contributed by atoms with Crippen LogP contribution in [0.5, 0.6) is 0 Å². The highest BCUT2D eigenvalue weighted by Gasteiger charge is 1.99. The number of hydrogen-bond donors (Lipinski definition) is 0. The molecule has 0 aromatic rings. The van der Waals surface area contributed by atoms with Crippen LogP contribution in [0.2, 0.25) is 0 Å². The minimum atomic E-state index is -3.47. The molecule has 0 aliphatic heterocycles. The van der Waals surface area contributed by atoms with Gasteiger partial charge < -0.3 is 4.90 Å². The summed E-state index contributed by atoms with van der Waals surface area (Å²) in [6, 6.07) is 0. The number of nitrogens with zero attached hydrogens (tertiary/aromatic N) is 1. The van der Waals surface area contributed by atoms with E-state index < -0.39 is 16.0 Å². The molecule has 0 saturated carbocycles. The fourth-order valence-corrected chi connectivity index (χ4v) is 0.633. The van der Waals surface area contributed by atoms with Gasteiger partial charge in [-0.3, -0.25) is 8.98 Å². The Balaban J connectivity index is 3.96. The van der Waals surface area contributed by atoms with Crippen LogP contribution in [0.1, 0.15) is 0 Å². The average molecular weight is 205 g/mol.